The molecule has 0 bridgehead atoms. The lowest BCUT2D eigenvalue weighted by Gasteiger charge is -2.07. The van der Waals surface area contributed by atoms with Crippen LogP contribution in [0, 0.1) is 0 Å². The molecule has 1 amide bonds. The third-order valence-electron chi connectivity index (χ3n) is 1.85. The fourth-order valence-corrected chi connectivity index (χ4v) is 1.07. The van der Waals surface area contributed by atoms with E-state index in [0.717, 1.165) is 0 Å². The number of hydrogen-bond donors (Lipinski definition) is 3. The molecule has 82 valence electrons. The van der Waals surface area contributed by atoms with Gasteiger partial charge >= 0.3 is 0 Å². The van der Waals surface area contributed by atoms with Gasteiger partial charge in [0.15, 0.2) is 0 Å². The number of nitrogens with two attached hydrogens (primary N) is 1. The number of aromatic nitrogens is 1. The van der Waals surface area contributed by atoms with E-state index in [-0.39, 0.29) is 12.5 Å². The van der Waals surface area contributed by atoms with E-state index in [4.69, 9.17) is 10.8 Å². The summed E-state index contributed by atoms with van der Waals surface area (Å²) in [6.45, 7) is 2.15. The van der Waals surface area contributed by atoms with Gasteiger partial charge in [-0.1, -0.05) is 0 Å². The quantitative estimate of drug-likeness (QED) is 0.632. The number of hydrogen-bond acceptors (Lipinski definition) is 4. The molecular formula is C10H15N3O2. The average molecular weight is 209 g/mol. The molecule has 5 heteroatoms. The number of amides is 1. The Hall–Kier alpha value is -1.46. The molecule has 0 aliphatic carbocycles. The summed E-state index contributed by atoms with van der Waals surface area (Å²) in [5.41, 5.74) is 6.58. The van der Waals surface area contributed by atoms with Crippen molar-refractivity contribution < 1.29 is 9.90 Å². The first-order valence-electron chi connectivity index (χ1n) is 4.74. The van der Waals surface area contributed by atoms with Crippen molar-refractivity contribution in [2.45, 2.75) is 19.6 Å². The lowest BCUT2D eigenvalue weighted by atomic mass is 10.2. The zero-order chi connectivity index (χ0) is 11.3. The zero-order valence-electron chi connectivity index (χ0n) is 8.60. The number of nitrogens with one attached hydrogen (secondary N) is 1. The van der Waals surface area contributed by atoms with Gasteiger partial charge in [-0.15, -0.1) is 0 Å². The van der Waals surface area contributed by atoms with Crippen LogP contribution in [-0.2, 0) is 6.54 Å². The number of pyridine rings is 1. The highest BCUT2D eigenvalue weighted by Gasteiger charge is 2.06. The zero-order valence-corrected chi connectivity index (χ0v) is 8.60. The molecule has 5 nitrogen and oxygen atoms in total. The monoisotopic (exact) mass is 209 g/mol. The summed E-state index contributed by atoms with van der Waals surface area (Å²) in [4.78, 5) is 15.5. The summed E-state index contributed by atoms with van der Waals surface area (Å²) in [7, 11) is 0. The molecule has 0 saturated carbocycles. The van der Waals surface area contributed by atoms with Gasteiger partial charge in [-0.3, -0.25) is 9.78 Å². The Morgan fingerprint density at radius 2 is 2.47 bits per heavy atom. The lowest BCUT2D eigenvalue weighted by Crippen LogP contribution is -2.30. The van der Waals surface area contributed by atoms with E-state index < -0.39 is 6.10 Å². The van der Waals surface area contributed by atoms with Crippen LogP contribution in [0.3, 0.4) is 0 Å². The fourth-order valence-electron chi connectivity index (χ4n) is 1.07. The predicted molar refractivity (Wildman–Crippen MR) is 56.1 cm³/mol. The molecule has 0 radical (unpaired) electrons. The Kier molecular flexibility index (Phi) is 4.20. The van der Waals surface area contributed by atoms with Crippen molar-refractivity contribution in [3.8, 4) is 0 Å². The van der Waals surface area contributed by atoms with Crippen LogP contribution in [-0.4, -0.2) is 28.6 Å². The summed E-state index contributed by atoms with van der Waals surface area (Å²) < 4.78 is 0. The van der Waals surface area contributed by atoms with E-state index >= 15 is 0 Å². The summed E-state index contributed by atoms with van der Waals surface area (Å²) in [5, 5.41) is 11.6. The minimum absolute atomic E-state index is 0.229. The second kappa shape index (κ2) is 5.43. The molecule has 0 spiro atoms. The lowest BCUT2D eigenvalue weighted by molar-refractivity contribution is 0.0924. The second-order valence-corrected chi connectivity index (χ2v) is 3.30. The van der Waals surface area contributed by atoms with Crippen LogP contribution in [0.4, 0.5) is 0 Å². The van der Waals surface area contributed by atoms with Gasteiger partial charge in [0.25, 0.3) is 5.91 Å². The van der Waals surface area contributed by atoms with Crippen molar-refractivity contribution in [1.82, 2.24) is 10.3 Å². The fraction of sp³-hybridized carbons (Fsp3) is 0.400. The molecule has 0 aliphatic heterocycles. The number of nitrogens with zero attached hydrogens (tertiary/aromatic N) is 1. The maximum Gasteiger partial charge on any atom is 0.251 e. The first-order valence-corrected chi connectivity index (χ1v) is 4.74. The first-order chi connectivity index (χ1) is 7.13. The second-order valence-electron chi connectivity index (χ2n) is 3.30. The molecular weight excluding hydrogens is 194 g/mol. The van der Waals surface area contributed by atoms with E-state index in [9.17, 15) is 4.79 Å². The number of carbonyl (C=O) groups excluding carboxylic acids is 1. The number of aliphatic hydroxyl groups excluding tert-OH is 1. The van der Waals surface area contributed by atoms with Gasteiger partial charge in [0.05, 0.1) is 11.8 Å². The normalized spacial score (nSPS) is 12.2. The van der Waals surface area contributed by atoms with Crippen molar-refractivity contribution in [2.75, 3.05) is 6.54 Å². The Morgan fingerprint density at radius 3 is 3.07 bits per heavy atom. The summed E-state index contributed by atoms with van der Waals surface area (Å²) >= 11 is 0. The van der Waals surface area contributed by atoms with E-state index in [0.29, 0.717) is 17.8 Å². The topological polar surface area (TPSA) is 88.2 Å². The van der Waals surface area contributed by atoms with Crippen LogP contribution in [0.5, 0.6) is 0 Å². The van der Waals surface area contributed by atoms with Gasteiger partial charge in [0.1, 0.15) is 0 Å². The van der Waals surface area contributed by atoms with Crippen molar-refractivity contribution in [1.29, 1.82) is 0 Å². The minimum atomic E-state index is -0.551. The highest BCUT2D eigenvalue weighted by molar-refractivity contribution is 5.94. The van der Waals surface area contributed by atoms with Crippen LogP contribution < -0.4 is 11.1 Å². The molecule has 1 aromatic rings. The molecule has 4 N–H and O–H groups in total. The van der Waals surface area contributed by atoms with E-state index in [1.807, 2.05) is 0 Å². The van der Waals surface area contributed by atoms with E-state index in [2.05, 4.69) is 10.3 Å². The van der Waals surface area contributed by atoms with Gasteiger partial charge < -0.3 is 16.2 Å². The minimum Gasteiger partial charge on any atom is -0.392 e. The Morgan fingerprint density at radius 1 is 1.73 bits per heavy atom. The molecule has 0 fully saturated rings. The molecule has 1 unspecified atom stereocenters. The van der Waals surface area contributed by atoms with Crippen molar-refractivity contribution >= 4 is 5.91 Å². The largest absolute Gasteiger partial charge is 0.392 e. The Bertz CT molecular complexity index is 339. The van der Waals surface area contributed by atoms with E-state index in [1.165, 1.54) is 0 Å². The van der Waals surface area contributed by atoms with Crippen molar-refractivity contribution in [2.24, 2.45) is 5.73 Å². The molecule has 15 heavy (non-hydrogen) atoms. The molecule has 0 aromatic carbocycles. The number of aliphatic hydroxyl groups is 1. The van der Waals surface area contributed by atoms with Crippen molar-refractivity contribution in [3.05, 3.63) is 29.6 Å². The summed E-state index contributed by atoms with van der Waals surface area (Å²) in [6.07, 6.45) is 0.990. The van der Waals surface area contributed by atoms with Gasteiger partial charge in [-0.05, 0) is 19.1 Å². The van der Waals surface area contributed by atoms with Crippen LogP contribution in [0.2, 0.25) is 0 Å². The molecule has 1 rings (SSSR count). The average Bonchev–Trinajstić information content (AvgIpc) is 2.26. The molecule has 1 aromatic heterocycles. The van der Waals surface area contributed by atoms with Gasteiger partial charge in [-0.25, -0.2) is 0 Å². The van der Waals surface area contributed by atoms with E-state index in [1.54, 1.807) is 25.3 Å². The predicted octanol–water partition coefficient (Wildman–Crippen LogP) is -0.349. The number of carbonyl (C=O) groups is 1. The Balaban J connectivity index is 2.65. The van der Waals surface area contributed by atoms with Gasteiger partial charge in [0.2, 0.25) is 0 Å². The molecule has 0 aliphatic rings. The maximum atomic E-state index is 11.5. The Labute approximate surface area is 88.3 Å². The molecule has 0 saturated heterocycles. The third-order valence-corrected chi connectivity index (χ3v) is 1.85. The van der Waals surface area contributed by atoms with Crippen LogP contribution in [0.25, 0.3) is 0 Å². The van der Waals surface area contributed by atoms with Crippen LogP contribution in [0.1, 0.15) is 23.0 Å². The highest BCUT2D eigenvalue weighted by atomic mass is 16.3. The van der Waals surface area contributed by atoms with Gasteiger partial charge in [0, 0.05) is 24.8 Å². The molecule has 1 heterocycles. The number of rotatable bonds is 4. The summed E-state index contributed by atoms with van der Waals surface area (Å²) in [6, 6.07) is 3.24. The molecule has 1 atom stereocenters. The summed E-state index contributed by atoms with van der Waals surface area (Å²) in [5.74, 6) is -0.229. The van der Waals surface area contributed by atoms with Crippen molar-refractivity contribution in [3.63, 3.8) is 0 Å². The van der Waals surface area contributed by atoms with Crippen LogP contribution >= 0.6 is 0 Å². The smallest absolute Gasteiger partial charge is 0.251 e. The third kappa shape index (κ3) is 3.65. The SMILES string of the molecule is CC(O)CNC(=O)c1ccnc(CN)c1. The first kappa shape index (κ1) is 11.6. The standard InChI is InChI=1S/C10H15N3O2/c1-7(14)6-13-10(15)8-2-3-12-9(4-8)5-11/h2-4,7,14H,5-6,11H2,1H3,(H,13,15). The van der Waals surface area contributed by atoms with Gasteiger partial charge in [-0.2, -0.15) is 0 Å². The highest BCUT2D eigenvalue weighted by Crippen LogP contribution is 2.00. The van der Waals surface area contributed by atoms with Crippen LogP contribution in [0.15, 0.2) is 18.3 Å². The maximum absolute atomic E-state index is 11.5.